The van der Waals surface area contributed by atoms with Crippen LogP contribution in [0.3, 0.4) is 0 Å². The van der Waals surface area contributed by atoms with Gasteiger partial charge in [-0.25, -0.2) is 26.8 Å². The minimum absolute atomic E-state index is 0.0328. The Labute approximate surface area is 207 Å². The number of hydrogen-bond donors (Lipinski definition) is 0. The van der Waals surface area contributed by atoms with Gasteiger partial charge in [0.05, 0.1) is 12.4 Å². The third kappa shape index (κ3) is 5.50. The molecule has 4 aromatic rings. The van der Waals surface area contributed by atoms with Crippen molar-refractivity contribution < 1.29 is 21.6 Å². The van der Waals surface area contributed by atoms with Crippen LogP contribution >= 0.6 is 0 Å². The largest absolute Gasteiger partial charge is 0.377 e. The number of hydrogen-bond acceptors (Lipinski definition) is 10. The average Bonchev–Trinajstić information content (AvgIpc) is 3.35. The van der Waals surface area contributed by atoms with E-state index in [1.165, 1.54) is 10.8 Å². The Bertz CT molecular complexity index is 1660. The fourth-order valence-electron chi connectivity index (χ4n) is 3.51. The van der Waals surface area contributed by atoms with Gasteiger partial charge in [-0.05, 0) is 19.4 Å². The maximum absolute atomic E-state index is 13.1. The van der Waals surface area contributed by atoms with Crippen molar-refractivity contribution in [3.05, 3.63) is 64.8 Å². The van der Waals surface area contributed by atoms with Gasteiger partial charge >= 0.3 is 0 Å². The second kappa shape index (κ2) is 10.2. The topological polar surface area (TPSA) is 156 Å². The summed E-state index contributed by atoms with van der Waals surface area (Å²) < 4.78 is 57.1. The van der Waals surface area contributed by atoms with Crippen molar-refractivity contribution in [2.75, 3.05) is 18.6 Å². The summed E-state index contributed by atoms with van der Waals surface area (Å²) in [4.78, 5) is 25.2. The molecule has 12 nitrogen and oxygen atoms in total. The van der Waals surface area contributed by atoms with Gasteiger partial charge in [0.1, 0.15) is 12.0 Å². The first-order chi connectivity index (χ1) is 17.1. The van der Waals surface area contributed by atoms with Crippen molar-refractivity contribution in [2.24, 2.45) is 0 Å². The summed E-state index contributed by atoms with van der Waals surface area (Å²) >= 11 is 0. The van der Waals surface area contributed by atoms with Crippen molar-refractivity contribution in [1.82, 2.24) is 28.7 Å². The van der Waals surface area contributed by atoms with Crippen molar-refractivity contribution >= 4 is 30.9 Å². The van der Waals surface area contributed by atoms with Crippen molar-refractivity contribution in [3.63, 3.8) is 0 Å². The Morgan fingerprint density at radius 2 is 1.81 bits per heavy atom. The van der Waals surface area contributed by atoms with Crippen LogP contribution in [0.1, 0.15) is 18.9 Å². The molecule has 0 N–H and O–H groups in total. The van der Waals surface area contributed by atoms with Gasteiger partial charge in [0.15, 0.2) is 5.82 Å². The number of aryl methyl sites for hydroxylation is 1. The summed E-state index contributed by atoms with van der Waals surface area (Å²) in [6.45, 7) is 2.19. The molecule has 3 aromatic heterocycles. The van der Waals surface area contributed by atoms with Gasteiger partial charge in [-0.15, -0.1) is 9.19 Å². The molecule has 0 atom stereocenters. The zero-order valence-electron chi connectivity index (χ0n) is 19.6. The number of benzene rings is 1. The molecule has 0 fully saturated rings. The van der Waals surface area contributed by atoms with E-state index in [1.807, 2.05) is 6.07 Å². The number of sulfone groups is 1. The maximum Gasteiger partial charge on any atom is 0.257 e. The number of rotatable bonds is 10. The predicted molar refractivity (Wildman–Crippen MR) is 131 cm³/mol. The summed E-state index contributed by atoms with van der Waals surface area (Å²) in [7, 11) is -7.59. The lowest BCUT2D eigenvalue weighted by Gasteiger charge is -2.13. The van der Waals surface area contributed by atoms with Crippen LogP contribution in [-0.2, 0) is 37.7 Å². The van der Waals surface area contributed by atoms with Crippen LogP contribution in [0.15, 0.2) is 58.9 Å². The van der Waals surface area contributed by atoms with E-state index in [-0.39, 0.29) is 36.8 Å². The van der Waals surface area contributed by atoms with E-state index >= 15 is 0 Å². The van der Waals surface area contributed by atoms with Gasteiger partial charge in [-0.1, -0.05) is 30.3 Å². The van der Waals surface area contributed by atoms with E-state index in [9.17, 15) is 21.6 Å². The minimum atomic E-state index is -3.87. The van der Waals surface area contributed by atoms with Gasteiger partial charge in [0.25, 0.3) is 15.6 Å². The first-order valence-corrected chi connectivity index (χ1v) is 14.5. The standard InChI is InChI=1S/C22H24N6O6S2/c1-3-34-14-18-12-17-13-23-22(35(2,30)31)25-20(17)27(21(18)29)10-7-11-36(32,33)28-15-24-19(26-28)16-8-5-4-6-9-16/h4-6,8-9,12-13,15H,3,7,10-11,14H2,1-2H3. The zero-order chi connectivity index (χ0) is 25.9. The minimum Gasteiger partial charge on any atom is -0.377 e. The third-order valence-electron chi connectivity index (χ3n) is 5.25. The molecule has 0 aliphatic heterocycles. The maximum atomic E-state index is 13.1. The number of fused-ring (bicyclic) bond motifs is 1. The van der Waals surface area contributed by atoms with Crippen LogP contribution in [0.2, 0.25) is 0 Å². The monoisotopic (exact) mass is 532 g/mol. The summed E-state index contributed by atoms with van der Waals surface area (Å²) in [5.41, 5.74) is 0.655. The predicted octanol–water partition coefficient (Wildman–Crippen LogP) is 1.26. The Kier molecular flexibility index (Phi) is 7.28. The fourth-order valence-corrected chi connectivity index (χ4v) is 5.08. The smallest absolute Gasteiger partial charge is 0.257 e. The van der Waals surface area contributed by atoms with Crippen molar-refractivity contribution in [1.29, 1.82) is 0 Å². The molecule has 0 spiro atoms. The quantitative estimate of drug-likeness (QED) is 0.272. The number of ether oxygens (including phenoxy) is 1. The summed E-state index contributed by atoms with van der Waals surface area (Å²) in [5.74, 6) is -0.0619. The Morgan fingerprint density at radius 3 is 2.50 bits per heavy atom. The Hall–Kier alpha value is -3.49. The van der Waals surface area contributed by atoms with E-state index in [1.54, 1.807) is 37.3 Å². The van der Waals surface area contributed by atoms with Gasteiger partial charge in [0.2, 0.25) is 15.0 Å². The lowest BCUT2D eigenvalue weighted by molar-refractivity contribution is 0.133. The molecule has 0 bridgehead atoms. The molecular weight excluding hydrogens is 508 g/mol. The average molecular weight is 533 g/mol. The second-order valence-electron chi connectivity index (χ2n) is 7.94. The first kappa shape index (κ1) is 25.6. The van der Waals surface area contributed by atoms with Gasteiger partial charge in [-0.2, -0.15) is 4.98 Å². The van der Waals surface area contributed by atoms with Crippen LogP contribution in [0.25, 0.3) is 22.4 Å². The first-order valence-electron chi connectivity index (χ1n) is 11.0. The highest BCUT2D eigenvalue weighted by molar-refractivity contribution is 7.90. The lowest BCUT2D eigenvalue weighted by atomic mass is 10.2. The Balaban J connectivity index is 1.62. The third-order valence-corrected chi connectivity index (χ3v) is 7.66. The highest BCUT2D eigenvalue weighted by Gasteiger charge is 2.19. The van der Waals surface area contributed by atoms with Gasteiger partial charge < -0.3 is 4.74 Å². The molecule has 1 aromatic carbocycles. The SMILES string of the molecule is CCOCc1cc2cnc(S(C)(=O)=O)nc2n(CCCS(=O)(=O)n2cnc(-c3ccccc3)n2)c1=O. The summed E-state index contributed by atoms with van der Waals surface area (Å²) in [6.07, 6.45) is 3.46. The second-order valence-corrected chi connectivity index (χ2v) is 11.8. The molecule has 14 heteroatoms. The van der Waals surface area contributed by atoms with E-state index in [0.717, 1.165) is 16.7 Å². The van der Waals surface area contributed by atoms with Crippen LogP contribution in [0, 0.1) is 0 Å². The fraction of sp³-hybridized carbons (Fsp3) is 0.318. The highest BCUT2D eigenvalue weighted by Crippen LogP contribution is 2.16. The van der Waals surface area contributed by atoms with E-state index in [0.29, 0.717) is 23.1 Å². The van der Waals surface area contributed by atoms with Crippen molar-refractivity contribution in [3.8, 4) is 11.4 Å². The molecule has 0 amide bonds. The van der Waals surface area contributed by atoms with Crippen LogP contribution in [0.4, 0.5) is 0 Å². The molecule has 0 aliphatic carbocycles. The lowest BCUT2D eigenvalue weighted by Crippen LogP contribution is -2.27. The van der Waals surface area contributed by atoms with Crippen LogP contribution < -0.4 is 5.56 Å². The van der Waals surface area contributed by atoms with Gasteiger partial charge in [-0.3, -0.25) is 9.36 Å². The van der Waals surface area contributed by atoms with E-state index in [2.05, 4.69) is 20.1 Å². The zero-order valence-corrected chi connectivity index (χ0v) is 21.2. The summed E-state index contributed by atoms with van der Waals surface area (Å²) in [6, 6.07) is 10.5. The van der Waals surface area contributed by atoms with E-state index in [4.69, 9.17) is 4.74 Å². The number of nitrogens with zero attached hydrogens (tertiary/aromatic N) is 6. The molecule has 0 unspecified atom stereocenters. The molecule has 190 valence electrons. The molecule has 0 aliphatic rings. The van der Waals surface area contributed by atoms with Crippen molar-refractivity contribution in [2.45, 2.75) is 31.7 Å². The normalized spacial score (nSPS) is 12.3. The van der Waals surface area contributed by atoms with Gasteiger partial charge in [0, 0.05) is 42.1 Å². The van der Waals surface area contributed by atoms with Crippen LogP contribution in [0.5, 0.6) is 0 Å². The molecular formula is C22H24N6O6S2. The van der Waals surface area contributed by atoms with Crippen LogP contribution in [-0.4, -0.2) is 64.2 Å². The van der Waals surface area contributed by atoms with E-state index < -0.39 is 30.6 Å². The summed E-state index contributed by atoms with van der Waals surface area (Å²) in [5, 5.41) is 4.08. The number of aromatic nitrogens is 6. The number of pyridine rings is 1. The highest BCUT2D eigenvalue weighted by atomic mass is 32.2. The Morgan fingerprint density at radius 1 is 1.06 bits per heavy atom. The molecule has 0 saturated carbocycles. The molecule has 4 rings (SSSR count). The molecule has 36 heavy (non-hydrogen) atoms. The molecule has 0 saturated heterocycles. The molecule has 0 radical (unpaired) electrons. The molecule has 3 heterocycles.